The van der Waals surface area contributed by atoms with Crippen LogP contribution in [0.5, 0.6) is 0 Å². The Hall–Kier alpha value is -2.37. The van der Waals surface area contributed by atoms with E-state index in [1.54, 1.807) is 36.8 Å². The zero-order valence-corrected chi connectivity index (χ0v) is 10.8. The van der Waals surface area contributed by atoms with Gasteiger partial charge in [-0.25, -0.2) is 4.98 Å². The third-order valence-electron chi connectivity index (χ3n) is 2.90. The van der Waals surface area contributed by atoms with Crippen molar-refractivity contribution in [2.75, 3.05) is 13.6 Å². The van der Waals surface area contributed by atoms with Crippen molar-refractivity contribution in [2.45, 2.75) is 6.92 Å². The second-order valence-corrected chi connectivity index (χ2v) is 4.52. The number of fused-ring (bicyclic) bond motifs is 1. The summed E-state index contributed by atoms with van der Waals surface area (Å²) in [7, 11) is 1.58. The highest BCUT2D eigenvalue weighted by molar-refractivity contribution is 5.93. The van der Waals surface area contributed by atoms with Crippen molar-refractivity contribution in [1.29, 1.82) is 0 Å². The van der Waals surface area contributed by atoms with Crippen LogP contribution in [0.2, 0.25) is 0 Å². The van der Waals surface area contributed by atoms with Crippen LogP contribution in [0.25, 0.3) is 5.65 Å². The number of carbonyl (C=O) groups is 2. The molecule has 0 saturated carbocycles. The van der Waals surface area contributed by atoms with E-state index < -0.39 is 11.9 Å². The Morgan fingerprint density at radius 3 is 2.84 bits per heavy atom. The number of hydrogen-bond acceptors (Lipinski definition) is 3. The average molecular weight is 261 g/mol. The van der Waals surface area contributed by atoms with Gasteiger partial charge in [0.2, 0.25) is 0 Å². The van der Waals surface area contributed by atoms with E-state index in [0.717, 1.165) is 0 Å². The molecule has 2 aromatic rings. The van der Waals surface area contributed by atoms with E-state index in [1.165, 1.54) is 4.90 Å². The normalized spacial score (nSPS) is 12.3. The topological polar surface area (TPSA) is 74.9 Å². The maximum Gasteiger partial charge on any atom is 0.308 e. The van der Waals surface area contributed by atoms with Crippen molar-refractivity contribution in [3.8, 4) is 0 Å². The Morgan fingerprint density at radius 1 is 1.47 bits per heavy atom. The van der Waals surface area contributed by atoms with E-state index in [-0.39, 0.29) is 12.5 Å². The second kappa shape index (κ2) is 5.09. The molecule has 2 aromatic heterocycles. The molecule has 1 unspecified atom stereocenters. The number of nitrogens with zero attached hydrogens (tertiary/aromatic N) is 3. The molecule has 0 spiro atoms. The first-order valence-electron chi connectivity index (χ1n) is 5.91. The van der Waals surface area contributed by atoms with E-state index in [4.69, 9.17) is 5.11 Å². The van der Waals surface area contributed by atoms with Gasteiger partial charge in [0.05, 0.1) is 5.92 Å². The summed E-state index contributed by atoms with van der Waals surface area (Å²) >= 11 is 0. The van der Waals surface area contributed by atoms with Crippen molar-refractivity contribution in [3.63, 3.8) is 0 Å². The number of aliphatic carboxylic acids is 1. The standard InChI is InChI=1S/C13H15N3O3/c1-9(13(18)19)7-15(2)12(17)10-8-16-6-4-3-5-11(16)14-10/h3-6,8-9H,7H2,1-2H3,(H,18,19). The van der Waals surface area contributed by atoms with Crippen molar-refractivity contribution < 1.29 is 14.7 Å². The lowest BCUT2D eigenvalue weighted by molar-refractivity contribution is -0.141. The molecule has 2 rings (SSSR count). The van der Waals surface area contributed by atoms with Gasteiger partial charge >= 0.3 is 5.97 Å². The molecule has 1 N–H and O–H groups in total. The molecule has 0 fully saturated rings. The van der Waals surface area contributed by atoms with Crippen molar-refractivity contribution in [2.24, 2.45) is 5.92 Å². The van der Waals surface area contributed by atoms with Crippen LogP contribution in [0.1, 0.15) is 17.4 Å². The van der Waals surface area contributed by atoms with Gasteiger partial charge in [-0.3, -0.25) is 9.59 Å². The number of aromatic nitrogens is 2. The van der Waals surface area contributed by atoms with Gasteiger partial charge in [0.1, 0.15) is 11.3 Å². The van der Waals surface area contributed by atoms with Crippen molar-refractivity contribution in [1.82, 2.24) is 14.3 Å². The molecule has 0 saturated heterocycles. The molecule has 0 aliphatic heterocycles. The Balaban J connectivity index is 2.16. The van der Waals surface area contributed by atoms with E-state index in [1.807, 2.05) is 12.1 Å². The Labute approximate surface area is 110 Å². The Bertz CT molecular complexity index is 587. The molecule has 2 heterocycles. The van der Waals surface area contributed by atoms with Crippen molar-refractivity contribution >= 4 is 17.5 Å². The molecule has 0 aliphatic rings. The highest BCUT2D eigenvalue weighted by Gasteiger charge is 2.20. The van der Waals surface area contributed by atoms with Gasteiger partial charge in [-0.2, -0.15) is 0 Å². The van der Waals surface area contributed by atoms with E-state index in [0.29, 0.717) is 11.3 Å². The first-order valence-corrected chi connectivity index (χ1v) is 5.91. The highest BCUT2D eigenvalue weighted by atomic mass is 16.4. The molecule has 6 nitrogen and oxygen atoms in total. The minimum Gasteiger partial charge on any atom is -0.481 e. The second-order valence-electron chi connectivity index (χ2n) is 4.52. The lowest BCUT2D eigenvalue weighted by Gasteiger charge is -2.18. The largest absolute Gasteiger partial charge is 0.481 e. The quantitative estimate of drug-likeness (QED) is 0.895. The molecule has 0 radical (unpaired) electrons. The molecule has 0 aliphatic carbocycles. The molecular weight excluding hydrogens is 246 g/mol. The van der Waals surface area contributed by atoms with Gasteiger partial charge in [-0.05, 0) is 12.1 Å². The molecule has 100 valence electrons. The van der Waals surface area contributed by atoms with Gasteiger partial charge in [0, 0.05) is 26.0 Å². The zero-order valence-electron chi connectivity index (χ0n) is 10.8. The molecular formula is C13H15N3O3. The number of hydrogen-bond donors (Lipinski definition) is 1. The number of rotatable bonds is 4. The van der Waals surface area contributed by atoms with Crippen LogP contribution in [0.3, 0.4) is 0 Å². The van der Waals surface area contributed by atoms with Crippen LogP contribution in [-0.2, 0) is 4.79 Å². The number of pyridine rings is 1. The van der Waals surface area contributed by atoms with Crippen LogP contribution in [0.15, 0.2) is 30.6 Å². The van der Waals surface area contributed by atoms with Gasteiger partial charge in [-0.1, -0.05) is 13.0 Å². The van der Waals surface area contributed by atoms with E-state index >= 15 is 0 Å². The minimum absolute atomic E-state index is 0.155. The molecule has 1 atom stereocenters. The summed E-state index contributed by atoms with van der Waals surface area (Å²) < 4.78 is 1.75. The Kier molecular flexibility index (Phi) is 3.50. The molecule has 1 amide bonds. The lowest BCUT2D eigenvalue weighted by Crippen LogP contribution is -2.33. The number of imidazole rings is 1. The SMILES string of the molecule is CC(CN(C)C(=O)c1cn2ccccc2n1)C(=O)O. The van der Waals surface area contributed by atoms with Gasteiger partial charge in [0.25, 0.3) is 5.91 Å². The third-order valence-corrected chi connectivity index (χ3v) is 2.90. The summed E-state index contributed by atoms with van der Waals surface area (Å²) in [5.74, 6) is -1.81. The average Bonchev–Trinajstić information content (AvgIpc) is 2.81. The fourth-order valence-electron chi connectivity index (χ4n) is 1.81. The third kappa shape index (κ3) is 2.73. The monoisotopic (exact) mass is 261 g/mol. The first-order chi connectivity index (χ1) is 8.99. The first kappa shape index (κ1) is 13.1. The predicted octanol–water partition coefficient (Wildman–Crippen LogP) is 1.13. The van der Waals surface area contributed by atoms with Gasteiger partial charge in [-0.15, -0.1) is 0 Å². The number of carbonyl (C=O) groups excluding carboxylic acids is 1. The summed E-state index contributed by atoms with van der Waals surface area (Å²) in [6.07, 6.45) is 3.44. The minimum atomic E-state index is -0.922. The van der Waals surface area contributed by atoms with Gasteiger partial charge in [0.15, 0.2) is 0 Å². The molecule has 0 aromatic carbocycles. The van der Waals surface area contributed by atoms with Crippen LogP contribution >= 0.6 is 0 Å². The van der Waals surface area contributed by atoms with E-state index in [2.05, 4.69) is 4.98 Å². The summed E-state index contributed by atoms with van der Waals surface area (Å²) in [6.45, 7) is 1.72. The number of carboxylic acids is 1. The Morgan fingerprint density at radius 2 is 2.21 bits per heavy atom. The molecule has 6 heteroatoms. The van der Waals surface area contributed by atoms with Crippen LogP contribution in [0.4, 0.5) is 0 Å². The van der Waals surface area contributed by atoms with Gasteiger partial charge < -0.3 is 14.4 Å². The number of carboxylic acid groups (broad SMARTS) is 1. The highest BCUT2D eigenvalue weighted by Crippen LogP contribution is 2.08. The summed E-state index contributed by atoms with van der Waals surface area (Å²) in [5, 5.41) is 8.84. The fraction of sp³-hybridized carbons (Fsp3) is 0.308. The van der Waals surface area contributed by atoms with Crippen LogP contribution in [0, 0.1) is 5.92 Å². The maximum atomic E-state index is 12.1. The zero-order chi connectivity index (χ0) is 14.0. The fourth-order valence-corrected chi connectivity index (χ4v) is 1.81. The smallest absolute Gasteiger partial charge is 0.308 e. The maximum absolute atomic E-state index is 12.1. The summed E-state index contributed by atoms with van der Waals surface area (Å²) in [4.78, 5) is 28.5. The van der Waals surface area contributed by atoms with Crippen LogP contribution < -0.4 is 0 Å². The molecule has 0 bridgehead atoms. The molecule has 19 heavy (non-hydrogen) atoms. The van der Waals surface area contributed by atoms with Crippen molar-refractivity contribution in [3.05, 3.63) is 36.3 Å². The summed E-state index contributed by atoms with van der Waals surface area (Å²) in [5.41, 5.74) is 0.997. The lowest BCUT2D eigenvalue weighted by atomic mass is 10.2. The van der Waals surface area contributed by atoms with E-state index in [9.17, 15) is 9.59 Å². The predicted molar refractivity (Wildman–Crippen MR) is 69.0 cm³/mol. The summed E-state index contributed by atoms with van der Waals surface area (Å²) in [6, 6.07) is 5.49. The number of amides is 1. The van der Waals surface area contributed by atoms with Crippen LogP contribution in [-0.4, -0.2) is 44.9 Å².